The fourth-order valence-electron chi connectivity index (χ4n) is 1.69. The maximum absolute atomic E-state index is 5.85. The first-order valence-corrected chi connectivity index (χ1v) is 6.31. The molecule has 2 N–H and O–H groups in total. The van der Waals surface area contributed by atoms with Gasteiger partial charge in [-0.05, 0) is 17.9 Å². The van der Waals surface area contributed by atoms with Gasteiger partial charge < -0.3 is 10.3 Å². The van der Waals surface area contributed by atoms with Gasteiger partial charge in [0.15, 0.2) is 0 Å². The predicted octanol–water partition coefficient (Wildman–Crippen LogP) is 3.27. The van der Waals surface area contributed by atoms with Crippen LogP contribution in [0.5, 0.6) is 0 Å². The molecule has 0 fully saturated rings. The summed E-state index contributed by atoms with van der Waals surface area (Å²) in [4.78, 5) is 4.32. The van der Waals surface area contributed by atoms with E-state index < -0.39 is 0 Å². The van der Waals surface area contributed by atoms with Crippen LogP contribution in [-0.2, 0) is 0 Å². The van der Waals surface area contributed by atoms with E-state index in [1.165, 1.54) is 5.56 Å². The van der Waals surface area contributed by atoms with Gasteiger partial charge in [-0.3, -0.25) is 0 Å². The maximum Gasteiger partial charge on any atom is 0.243 e. The topological polar surface area (TPSA) is 64.9 Å². The predicted molar refractivity (Wildman–Crippen MR) is 71.0 cm³/mol. The number of nitrogens with zero attached hydrogens (tertiary/aromatic N) is 2. The summed E-state index contributed by atoms with van der Waals surface area (Å²) in [6.07, 6.45) is 0.786. The lowest BCUT2D eigenvalue weighted by atomic mass is 10.0. The highest BCUT2D eigenvalue weighted by Gasteiger charge is 2.13. The average Bonchev–Trinajstić information content (AvgIpc) is 2.87. The highest BCUT2D eigenvalue weighted by molar-refractivity contribution is 5.54. The minimum Gasteiger partial charge on any atom is -0.337 e. The molecule has 0 unspecified atom stereocenters. The second-order valence-corrected chi connectivity index (χ2v) is 4.75. The Bertz CT molecular complexity index is 502. The Balaban J connectivity index is 2.23. The van der Waals surface area contributed by atoms with Crippen molar-refractivity contribution < 1.29 is 4.52 Å². The first-order chi connectivity index (χ1) is 8.61. The minimum atomic E-state index is -0.179. The van der Waals surface area contributed by atoms with Crippen LogP contribution in [0.15, 0.2) is 28.8 Å². The molecule has 18 heavy (non-hydrogen) atoms. The molecular formula is C14H19N3O. The van der Waals surface area contributed by atoms with Gasteiger partial charge in [0.1, 0.15) is 0 Å². The lowest BCUT2D eigenvalue weighted by Crippen LogP contribution is -2.08. The van der Waals surface area contributed by atoms with Gasteiger partial charge in [-0.25, -0.2) is 0 Å². The standard InChI is InChI=1S/C14H19N3O/c1-4-12(15)14-16-13(17-18-14)11-7-5-10(6-8-11)9(2)3/h5-9,12H,4,15H2,1-3H3/t12-/m0/s1. The van der Waals surface area contributed by atoms with Gasteiger partial charge in [-0.1, -0.05) is 50.2 Å². The zero-order valence-electron chi connectivity index (χ0n) is 11.1. The van der Waals surface area contributed by atoms with E-state index in [2.05, 4.69) is 36.1 Å². The summed E-state index contributed by atoms with van der Waals surface area (Å²) >= 11 is 0. The molecule has 0 saturated carbocycles. The number of aromatic nitrogens is 2. The SMILES string of the molecule is CC[C@H](N)c1nc(-c2ccc(C(C)C)cc2)no1. The maximum atomic E-state index is 5.85. The van der Waals surface area contributed by atoms with Gasteiger partial charge in [0.05, 0.1) is 6.04 Å². The van der Waals surface area contributed by atoms with Gasteiger partial charge in [0, 0.05) is 5.56 Å². The fourth-order valence-corrected chi connectivity index (χ4v) is 1.69. The molecule has 0 radical (unpaired) electrons. The van der Waals surface area contributed by atoms with Crippen molar-refractivity contribution in [3.63, 3.8) is 0 Å². The molecule has 0 bridgehead atoms. The van der Waals surface area contributed by atoms with Crippen LogP contribution in [0.25, 0.3) is 11.4 Å². The minimum absolute atomic E-state index is 0.179. The molecule has 2 aromatic rings. The molecule has 1 aromatic carbocycles. The van der Waals surface area contributed by atoms with Crippen LogP contribution < -0.4 is 5.73 Å². The van der Waals surface area contributed by atoms with E-state index in [-0.39, 0.29) is 6.04 Å². The van der Waals surface area contributed by atoms with Crippen molar-refractivity contribution in [2.45, 2.75) is 39.2 Å². The van der Waals surface area contributed by atoms with Crippen LogP contribution >= 0.6 is 0 Å². The van der Waals surface area contributed by atoms with E-state index in [1.54, 1.807) is 0 Å². The molecule has 1 aromatic heterocycles. The van der Waals surface area contributed by atoms with E-state index in [4.69, 9.17) is 10.3 Å². The van der Waals surface area contributed by atoms with E-state index in [1.807, 2.05) is 19.1 Å². The van der Waals surface area contributed by atoms with E-state index in [0.29, 0.717) is 17.6 Å². The van der Waals surface area contributed by atoms with Crippen molar-refractivity contribution >= 4 is 0 Å². The Morgan fingerprint density at radius 2 is 1.89 bits per heavy atom. The zero-order valence-corrected chi connectivity index (χ0v) is 11.1. The Labute approximate surface area is 107 Å². The summed E-state index contributed by atoms with van der Waals surface area (Å²) < 4.78 is 5.16. The third-order valence-corrected chi connectivity index (χ3v) is 3.03. The molecule has 4 nitrogen and oxygen atoms in total. The monoisotopic (exact) mass is 245 g/mol. The van der Waals surface area contributed by atoms with Crippen LogP contribution in [-0.4, -0.2) is 10.1 Å². The second kappa shape index (κ2) is 5.31. The molecule has 0 saturated heterocycles. The van der Waals surface area contributed by atoms with Crippen molar-refractivity contribution in [2.75, 3.05) is 0 Å². The Hall–Kier alpha value is -1.68. The summed E-state index contributed by atoms with van der Waals surface area (Å²) in [7, 11) is 0. The van der Waals surface area contributed by atoms with Crippen LogP contribution in [0.2, 0.25) is 0 Å². The second-order valence-electron chi connectivity index (χ2n) is 4.75. The molecule has 0 amide bonds. The molecule has 2 rings (SSSR count). The number of hydrogen-bond acceptors (Lipinski definition) is 4. The molecule has 0 aliphatic heterocycles. The van der Waals surface area contributed by atoms with Gasteiger partial charge >= 0.3 is 0 Å². The zero-order chi connectivity index (χ0) is 13.1. The number of benzene rings is 1. The van der Waals surface area contributed by atoms with Crippen LogP contribution in [0.1, 0.15) is 50.6 Å². The Morgan fingerprint density at radius 1 is 1.22 bits per heavy atom. The summed E-state index contributed by atoms with van der Waals surface area (Å²) in [6.45, 7) is 6.33. The van der Waals surface area contributed by atoms with Gasteiger partial charge in [-0.2, -0.15) is 4.98 Å². The van der Waals surface area contributed by atoms with Crippen molar-refractivity contribution in [3.8, 4) is 11.4 Å². The highest BCUT2D eigenvalue weighted by atomic mass is 16.5. The molecule has 1 heterocycles. The molecule has 0 aliphatic carbocycles. The summed E-state index contributed by atoms with van der Waals surface area (Å²) in [5.41, 5.74) is 8.11. The van der Waals surface area contributed by atoms with Gasteiger partial charge in [0.25, 0.3) is 0 Å². The normalized spacial score (nSPS) is 12.9. The van der Waals surface area contributed by atoms with Gasteiger partial charge in [-0.15, -0.1) is 0 Å². The quantitative estimate of drug-likeness (QED) is 0.897. The van der Waals surface area contributed by atoms with E-state index in [9.17, 15) is 0 Å². The molecule has 1 atom stereocenters. The van der Waals surface area contributed by atoms with Crippen LogP contribution in [0.4, 0.5) is 0 Å². The summed E-state index contributed by atoms with van der Waals surface area (Å²) in [5, 5.41) is 3.96. The average molecular weight is 245 g/mol. The molecule has 96 valence electrons. The third kappa shape index (κ3) is 2.59. The first kappa shape index (κ1) is 12.8. The highest BCUT2D eigenvalue weighted by Crippen LogP contribution is 2.22. The molecule has 0 spiro atoms. The number of nitrogens with two attached hydrogens (primary N) is 1. The summed E-state index contributed by atoms with van der Waals surface area (Å²) in [6, 6.07) is 8.04. The third-order valence-electron chi connectivity index (χ3n) is 3.03. The first-order valence-electron chi connectivity index (χ1n) is 6.31. The Morgan fingerprint density at radius 3 is 2.44 bits per heavy atom. The summed E-state index contributed by atoms with van der Waals surface area (Å²) in [5.74, 6) is 1.62. The smallest absolute Gasteiger partial charge is 0.243 e. The van der Waals surface area contributed by atoms with E-state index in [0.717, 1.165) is 12.0 Å². The molecule has 0 aliphatic rings. The van der Waals surface area contributed by atoms with Crippen molar-refractivity contribution in [3.05, 3.63) is 35.7 Å². The largest absolute Gasteiger partial charge is 0.337 e. The number of hydrogen-bond donors (Lipinski definition) is 1. The van der Waals surface area contributed by atoms with Crippen LogP contribution in [0, 0.1) is 0 Å². The molecule has 4 heteroatoms. The lowest BCUT2D eigenvalue weighted by Gasteiger charge is -2.04. The van der Waals surface area contributed by atoms with Gasteiger partial charge in [0.2, 0.25) is 11.7 Å². The van der Waals surface area contributed by atoms with Crippen molar-refractivity contribution in [2.24, 2.45) is 5.73 Å². The lowest BCUT2D eigenvalue weighted by molar-refractivity contribution is 0.352. The molecular weight excluding hydrogens is 226 g/mol. The van der Waals surface area contributed by atoms with E-state index >= 15 is 0 Å². The van der Waals surface area contributed by atoms with Crippen molar-refractivity contribution in [1.82, 2.24) is 10.1 Å². The number of rotatable bonds is 4. The Kier molecular flexibility index (Phi) is 3.77. The van der Waals surface area contributed by atoms with Crippen molar-refractivity contribution in [1.29, 1.82) is 0 Å². The van der Waals surface area contributed by atoms with Crippen LogP contribution in [0.3, 0.4) is 0 Å². The fraction of sp³-hybridized carbons (Fsp3) is 0.429.